The van der Waals surface area contributed by atoms with E-state index in [9.17, 15) is 18.0 Å². The van der Waals surface area contributed by atoms with E-state index < -0.39 is 33.7 Å². The molecule has 3 aliphatic carbocycles. The number of amides is 2. The smallest absolute Gasteiger partial charge is 0.407 e. The summed E-state index contributed by atoms with van der Waals surface area (Å²) in [5.41, 5.74) is 1.63. The van der Waals surface area contributed by atoms with Crippen LogP contribution in [0.2, 0.25) is 5.02 Å². The minimum absolute atomic E-state index is 0.00412. The molecule has 2 amide bonds. The summed E-state index contributed by atoms with van der Waals surface area (Å²) in [4.78, 5) is 30.7. The third kappa shape index (κ3) is 6.66. The molecule has 0 aromatic heterocycles. The first-order chi connectivity index (χ1) is 23.3. The second-order valence-electron chi connectivity index (χ2n) is 15.2. The van der Waals surface area contributed by atoms with Crippen LogP contribution >= 0.6 is 11.6 Å². The Balaban J connectivity index is 1.28. The van der Waals surface area contributed by atoms with Gasteiger partial charge >= 0.3 is 6.09 Å². The minimum atomic E-state index is -4.20. The number of ether oxygens (including phenoxy) is 2. The molecule has 49 heavy (non-hydrogen) atoms. The molecule has 2 fully saturated rings. The van der Waals surface area contributed by atoms with Crippen molar-refractivity contribution in [1.82, 2.24) is 14.9 Å². The van der Waals surface area contributed by atoms with E-state index in [0.717, 1.165) is 51.4 Å². The van der Waals surface area contributed by atoms with E-state index in [1.165, 1.54) is 17.2 Å². The van der Waals surface area contributed by atoms with Crippen LogP contribution in [0.3, 0.4) is 0 Å². The summed E-state index contributed by atoms with van der Waals surface area (Å²) in [5, 5.41) is 3.74. The van der Waals surface area contributed by atoms with Gasteiger partial charge in [-0.05, 0) is 126 Å². The van der Waals surface area contributed by atoms with Crippen molar-refractivity contribution >= 4 is 39.3 Å². The predicted octanol–water partition coefficient (Wildman–Crippen LogP) is 5.57. The molecule has 0 unspecified atom stereocenters. The van der Waals surface area contributed by atoms with Crippen LogP contribution in [0.15, 0.2) is 53.4 Å². The quantitative estimate of drug-likeness (QED) is 0.389. The lowest BCUT2D eigenvalue weighted by molar-refractivity contribution is -0.128. The van der Waals surface area contributed by atoms with Gasteiger partial charge in [-0.25, -0.2) is 17.9 Å². The number of hydrogen-bond acceptors (Lipinski definition) is 8. The Morgan fingerprint density at radius 3 is 2.65 bits per heavy atom. The maximum Gasteiger partial charge on any atom is 0.407 e. The molecule has 4 atom stereocenters. The number of benzene rings is 2. The number of likely N-dealkylation sites (N-methyl/N-ethyl adjacent to an activating group) is 1. The fourth-order valence-corrected chi connectivity index (χ4v) is 9.33. The highest BCUT2D eigenvalue weighted by Crippen LogP contribution is 2.47. The van der Waals surface area contributed by atoms with Crippen LogP contribution in [0, 0.1) is 11.8 Å². The van der Waals surface area contributed by atoms with Crippen molar-refractivity contribution < 1.29 is 27.5 Å². The molecular formula is C37H47ClN4O6S. The van der Waals surface area contributed by atoms with Crippen molar-refractivity contribution in [2.45, 2.75) is 93.2 Å². The topological polar surface area (TPSA) is 117 Å². The van der Waals surface area contributed by atoms with Gasteiger partial charge in [0.2, 0.25) is 0 Å². The second-order valence-corrected chi connectivity index (χ2v) is 17.3. The monoisotopic (exact) mass is 710 g/mol. The van der Waals surface area contributed by atoms with Gasteiger partial charge in [0, 0.05) is 42.0 Å². The number of alkyl carbamates (subject to hydrolysis) is 1. The highest BCUT2D eigenvalue weighted by atomic mass is 35.5. The average molecular weight is 711 g/mol. The van der Waals surface area contributed by atoms with Crippen LogP contribution in [0.5, 0.6) is 5.75 Å². The molecule has 1 spiro atoms. The summed E-state index contributed by atoms with van der Waals surface area (Å²) in [6.07, 6.45) is 10.8. The van der Waals surface area contributed by atoms with Gasteiger partial charge in [-0.1, -0.05) is 23.7 Å². The number of anilines is 1. The number of aryl methyl sites for hydroxylation is 1. The van der Waals surface area contributed by atoms with E-state index in [0.29, 0.717) is 42.7 Å². The summed E-state index contributed by atoms with van der Waals surface area (Å²) >= 11 is 6.44. The fourth-order valence-electron chi connectivity index (χ4n) is 8.00. The SMILES string of the molecule is CN1C/C=C\[C@H](OC(=O)NC2CCC2)[C@@H]2CC[C@H]2CN2C[C@@]3(CCCc4cc(Cl)ccc43)COc3ccc(cc32)S(=O)(=O)NC(=O)C1(C)C. The first kappa shape index (κ1) is 34.2. The number of nitrogens with zero attached hydrogens (tertiary/aromatic N) is 2. The van der Waals surface area contributed by atoms with Gasteiger partial charge in [0.25, 0.3) is 15.9 Å². The fraction of sp³-hybridized carbons (Fsp3) is 0.568. The molecule has 2 bridgehead atoms. The zero-order valence-electron chi connectivity index (χ0n) is 28.5. The van der Waals surface area contributed by atoms with Crippen molar-refractivity contribution in [3.05, 3.63) is 64.7 Å². The van der Waals surface area contributed by atoms with Gasteiger partial charge < -0.3 is 19.7 Å². The Morgan fingerprint density at radius 2 is 1.92 bits per heavy atom. The second kappa shape index (κ2) is 13.1. The first-order valence-electron chi connectivity index (χ1n) is 17.6. The predicted molar refractivity (Wildman–Crippen MR) is 189 cm³/mol. The number of fused-ring (bicyclic) bond motifs is 4. The van der Waals surface area contributed by atoms with Gasteiger partial charge in [0.15, 0.2) is 0 Å². The molecule has 0 radical (unpaired) electrons. The van der Waals surface area contributed by atoms with E-state index in [2.05, 4.69) is 27.1 Å². The van der Waals surface area contributed by atoms with Gasteiger partial charge in [0.05, 0.1) is 22.7 Å². The number of sulfonamides is 1. The van der Waals surface area contributed by atoms with Gasteiger partial charge in [-0.15, -0.1) is 0 Å². The molecule has 2 saturated carbocycles. The minimum Gasteiger partial charge on any atom is -0.490 e. The van der Waals surface area contributed by atoms with Crippen molar-refractivity contribution in [2.24, 2.45) is 11.8 Å². The van der Waals surface area contributed by atoms with Crippen molar-refractivity contribution in [2.75, 3.05) is 38.2 Å². The van der Waals surface area contributed by atoms with E-state index in [4.69, 9.17) is 21.1 Å². The molecular weight excluding hydrogens is 664 g/mol. The average Bonchev–Trinajstić information content (AvgIpc) is 3.17. The number of rotatable bonds is 2. The van der Waals surface area contributed by atoms with E-state index in [1.54, 1.807) is 37.9 Å². The number of nitrogens with one attached hydrogen (secondary N) is 2. The lowest BCUT2D eigenvalue weighted by Crippen LogP contribution is -2.54. The zero-order chi connectivity index (χ0) is 34.6. The summed E-state index contributed by atoms with van der Waals surface area (Å²) in [6, 6.07) is 11.2. The molecule has 12 heteroatoms. The van der Waals surface area contributed by atoms with E-state index in [-0.39, 0.29) is 28.2 Å². The molecule has 2 N–H and O–H groups in total. The van der Waals surface area contributed by atoms with Crippen LogP contribution in [-0.4, -0.2) is 76.3 Å². The number of halogens is 1. The third-order valence-electron chi connectivity index (χ3n) is 11.8. The highest BCUT2D eigenvalue weighted by molar-refractivity contribution is 7.90. The number of hydrogen-bond donors (Lipinski definition) is 2. The lowest BCUT2D eigenvalue weighted by Gasteiger charge is -2.46. The summed E-state index contributed by atoms with van der Waals surface area (Å²) in [5.74, 6) is 0.227. The van der Waals surface area contributed by atoms with Gasteiger partial charge in [-0.3, -0.25) is 9.69 Å². The Morgan fingerprint density at radius 1 is 1.10 bits per heavy atom. The maximum atomic E-state index is 13.7. The molecule has 0 saturated heterocycles. The van der Waals surface area contributed by atoms with Crippen molar-refractivity contribution in [3.63, 3.8) is 0 Å². The summed E-state index contributed by atoms with van der Waals surface area (Å²) < 4.78 is 42.6. The summed E-state index contributed by atoms with van der Waals surface area (Å²) in [6.45, 7) is 5.44. The van der Waals surface area contributed by atoms with Crippen LogP contribution in [0.25, 0.3) is 0 Å². The lowest BCUT2D eigenvalue weighted by atomic mass is 9.68. The Kier molecular flexibility index (Phi) is 9.15. The molecule has 10 nitrogen and oxygen atoms in total. The Labute approximate surface area is 294 Å². The highest BCUT2D eigenvalue weighted by Gasteiger charge is 2.45. The molecule has 2 aromatic carbocycles. The molecule has 2 aliphatic heterocycles. The molecule has 5 aliphatic rings. The Bertz CT molecular complexity index is 1760. The molecule has 7 rings (SSSR count). The van der Waals surface area contributed by atoms with Crippen LogP contribution in [-0.2, 0) is 31.4 Å². The molecule has 264 valence electrons. The van der Waals surface area contributed by atoms with Crippen molar-refractivity contribution in [1.29, 1.82) is 0 Å². The van der Waals surface area contributed by atoms with Crippen LogP contribution in [0.1, 0.15) is 69.9 Å². The van der Waals surface area contributed by atoms with Gasteiger partial charge in [0.1, 0.15) is 11.9 Å². The third-order valence-corrected chi connectivity index (χ3v) is 13.3. The maximum absolute atomic E-state index is 13.7. The van der Waals surface area contributed by atoms with E-state index >= 15 is 0 Å². The largest absolute Gasteiger partial charge is 0.490 e. The molecule has 2 aromatic rings. The number of carbonyl (C=O) groups is 2. The molecule has 2 heterocycles. The summed E-state index contributed by atoms with van der Waals surface area (Å²) in [7, 11) is -2.43. The van der Waals surface area contributed by atoms with Crippen molar-refractivity contribution in [3.8, 4) is 5.75 Å². The van der Waals surface area contributed by atoms with E-state index in [1.807, 2.05) is 18.2 Å². The number of carbonyl (C=O) groups excluding carboxylic acids is 2. The standard InChI is InChI=1S/C37H47ClN4O6S/c1-36(2)34(43)40-49(45,46)28-13-16-33-31(20-28)42(22-37(23-47-33)17-5-7-24-19-26(38)12-15-30(24)37)21-25-11-14-29(25)32(10-6-18-41(36)3)48-35(44)39-27-8-4-9-27/h6,10,12-13,15-16,19-20,25,27,29,32H,4-5,7-9,11,14,17-18,21-23H2,1-3H3,(H,39,44)(H,40,43)/b10-6-/t25-,29+,32-,37-/m0/s1. The first-order valence-corrected chi connectivity index (χ1v) is 19.4. The van der Waals surface area contributed by atoms with Crippen LogP contribution < -0.4 is 19.7 Å². The zero-order valence-corrected chi connectivity index (χ0v) is 30.1. The normalized spacial score (nSPS) is 30.2. The Hall–Kier alpha value is -3.28. The van der Waals surface area contributed by atoms with Crippen LogP contribution in [0.4, 0.5) is 10.5 Å². The van der Waals surface area contributed by atoms with Gasteiger partial charge in [-0.2, -0.15) is 0 Å².